The number of hydrogen-bond acceptors (Lipinski definition) is 14. The van der Waals surface area contributed by atoms with Crippen molar-refractivity contribution in [3.63, 3.8) is 0 Å². The first-order valence-electron chi connectivity index (χ1n) is 29.5. The molecular formula is C73H55Cl2N3O12. The number of phenolic OH excluding ortho intramolecular Hbond substituents is 1. The molecule has 15 nitrogen and oxygen atoms in total. The molecule has 448 valence electrons. The molecule has 3 atom stereocenters. The maximum absolute atomic E-state index is 13.6. The number of Topliss-reactive ketones (excluding diaryl/α,β-unsaturated/α-hetero) is 9. The molecule has 90 heavy (non-hydrogen) atoms. The van der Waals surface area contributed by atoms with Crippen molar-refractivity contribution >= 4 is 81.2 Å². The number of phenols is 1. The molecule has 0 amide bonds. The van der Waals surface area contributed by atoms with Gasteiger partial charge in [-0.25, -0.2) is 4.79 Å². The summed E-state index contributed by atoms with van der Waals surface area (Å²) in [6.07, 6.45) is 4.54. The van der Waals surface area contributed by atoms with Crippen molar-refractivity contribution in [2.45, 2.75) is 83.0 Å². The number of aromatic hydroxyl groups is 1. The van der Waals surface area contributed by atoms with Crippen LogP contribution in [0.15, 0.2) is 207 Å². The fraction of sp³-hybridized carbons (Fsp3) is 0.205. The van der Waals surface area contributed by atoms with Gasteiger partial charge in [-0.3, -0.25) is 43.2 Å². The lowest BCUT2D eigenvalue weighted by Gasteiger charge is -2.41. The van der Waals surface area contributed by atoms with E-state index in [2.05, 4.69) is 10.6 Å². The number of hydrogen-bond donors (Lipinski definition) is 4. The molecule has 0 fully saturated rings. The number of carboxylic acids is 1. The van der Waals surface area contributed by atoms with Gasteiger partial charge in [0.2, 0.25) is 17.3 Å². The maximum atomic E-state index is 13.6. The third-order valence-corrected chi connectivity index (χ3v) is 18.8. The molecule has 0 spiro atoms. The molecule has 0 radical (unpaired) electrons. The lowest BCUT2D eigenvalue weighted by atomic mass is 9.66. The van der Waals surface area contributed by atoms with Crippen LogP contribution in [0.25, 0.3) is 0 Å². The molecule has 3 heterocycles. The van der Waals surface area contributed by atoms with Crippen molar-refractivity contribution in [3.05, 3.63) is 273 Å². The molecular weight excluding hydrogens is 1180 g/mol. The third-order valence-electron chi connectivity index (χ3n) is 18.2. The predicted octanol–water partition coefficient (Wildman–Crippen LogP) is 12.8. The highest BCUT2D eigenvalue weighted by molar-refractivity contribution is 6.32. The molecule has 17 heteroatoms. The molecule has 6 aromatic rings. The van der Waals surface area contributed by atoms with Gasteiger partial charge in [-0.15, -0.1) is 0 Å². The monoisotopic (exact) mass is 1240 g/mol. The van der Waals surface area contributed by atoms with Crippen LogP contribution in [0.2, 0.25) is 10.0 Å². The molecule has 9 aliphatic rings. The van der Waals surface area contributed by atoms with Gasteiger partial charge in [0.1, 0.15) is 5.75 Å². The Morgan fingerprint density at radius 3 is 1.44 bits per heavy atom. The van der Waals surface area contributed by atoms with E-state index in [4.69, 9.17) is 23.2 Å². The fourth-order valence-electron chi connectivity index (χ4n) is 14.2. The molecule has 0 saturated heterocycles. The highest BCUT2D eigenvalue weighted by Crippen LogP contribution is 2.52. The first kappa shape index (κ1) is 59.0. The Kier molecular flexibility index (Phi) is 14.8. The molecule has 0 saturated carbocycles. The number of benzene rings is 6. The molecule has 3 unspecified atom stereocenters. The summed E-state index contributed by atoms with van der Waals surface area (Å²) in [5.41, 5.74) is 9.53. The van der Waals surface area contributed by atoms with E-state index in [0.717, 1.165) is 23.2 Å². The van der Waals surface area contributed by atoms with E-state index >= 15 is 0 Å². The van der Waals surface area contributed by atoms with Crippen LogP contribution < -0.4 is 10.6 Å². The van der Waals surface area contributed by atoms with Crippen molar-refractivity contribution in [1.82, 2.24) is 15.5 Å². The van der Waals surface area contributed by atoms with E-state index in [1.807, 2.05) is 26.0 Å². The van der Waals surface area contributed by atoms with Crippen molar-refractivity contribution < 1.29 is 58.2 Å². The van der Waals surface area contributed by atoms with Crippen LogP contribution in [0.5, 0.6) is 5.75 Å². The van der Waals surface area contributed by atoms with Gasteiger partial charge in [-0.2, -0.15) is 0 Å². The second-order valence-corrected chi connectivity index (χ2v) is 25.3. The number of aromatic carboxylic acids is 1. The molecule has 15 rings (SSSR count). The summed E-state index contributed by atoms with van der Waals surface area (Å²) in [6.45, 7) is 4.03. The number of allylic oxidation sites excluding steroid dienone is 12. The number of nitrogens with zero attached hydrogens (tertiary/aromatic N) is 1. The molecule has 0 aromatic heterocycles. The smallest absolute Gasteiger partial charge is 0.335 e. The average molecular weight is 1240 g/mol. The van der Waals surface area contributed by atoms with E-state index in [9.17, 15) is 58.2 Å². The number of halogens is 2. The first-order valence-corrected chi connectivity index (χ1v) is 30.3. The van der Waals surface area contributed by atoms with Crippen LogP contribution in [0.1, 0.15) is 172 Å². The largest absolute Gasteiger partial charge is 0.508 e. The van der Waals surface area contributed by atoms with Gasteiger partial charge >= 0.3 is 5.97 Å². The van der Waals surface area contributed by atoms with Crippen LogP contribution in [-0.4, -0.2) is 80.2 Å². The van der Waals surface area contributed by atoms with E-state index in [0.29, 0.717) is 122 Å². The Bertz CT molecular complexity index is 4540. The molecule has 6 aliphatic carbocycles. The van der Waals surface area contributed by atoms with Gasteiger partial charge < -0.3 is 25.7 Å². The quantitative estimate of drug-likeness (QED) is 0.128. The number of dihydropyridines is 2. The minimum absolute atomic E-state index is 0.0350. The van der Waals surface area contributed by atoms with E-state index < -0.39 is 23.7 Å². The third kappa shape index (κ3) is 9.83. The Morgan fingerprint density at radius 2 is 0.900 bits per heavy atom. The highest BCUT2D eigenvalue weighted by atomic mass is 35.5. The van der Waals surface area contributed by atoms with Crippen LogP contribution in [-0.2, 0) is 14.4 Å². The Balaban J connectivity index is 0.000000124. The molecule has 4 N–H and O–H groups in total. The Morgan fingerprint density at radius 1 is 0.467 bits per heavy atom. The van der Waals surface area contributed by atoms with Crippen LogP contribution in [0, 0.1) is 5.41 Å². The summed E-state index contributed by atoms with van der Waals surface area (Å²) in [6, 6.07) is 38.1. The number of nitrogens with one attached hydrogen (secondary N) is 2. The maximum Gasteiger partial charge on any atom is 0.335 e. The van der Waals surface area contributed by atoms with Crippen molar-refractivity contribution in [2.75, 3.05) is 7.05 Å². The molecule has 3 aliphatic heterocycles. The van der Waals surface area contributed by atoms with E-state index in [1.54, 1.807) is 109 Å². The zero-order chi connectivity index (χ0) is 63.4. The van der Waals surface area contributed by atoms with E-state index in [-0.39, 0.29) is 102 Å². The van der Waals surface area contributed by atoms with Gasteiger partial charge in [-0.05, 0) is 109 Å². The van der Waals surface area contributed by atoms with Gasteiger partial charge in [0.25, 0.3) is 0 Å². The van der Waals surface area contributed by atoms with Crippen molar-refractivity contribution in [2.24, 2.45) is 5.41 Å². The van der Waals surface area contributed by atoms with Crippen molar-refractivity contribution in [1.29, 1.82) is 0 Å². The summed E-state index contributed by atoms with van der Waals surface area (Å²) in [5.74, 6) is -4.69. The minimum Gasteiger partial charge on any atom is -0.508 e. The minimum atomic E-state index is -1.06. The lowest BCUT2D eigenvalue weighted by Crippen LogP contribution is -2.42. The van der Waals surface area contributed by atoms with Gasteiger partial charge in [0.05, 0.1) is 22.7 Å². The number of carboxylic acid groups (broad SMARTS) is 1. The zero-order valence-corrected chi connectivity index (χ0v) is 50.4. The lowest BCUT2D eigenvalue weighted by molar-refractivity contribution is -0.118. The van der Waals surface area contributed by atoms with Crippen LogP contribution in [0.4, 0.5) is 0 Å². The summed E-state index contributed by atoms with van der Waals surface area (Å²) in [5, 5.41) is 26.5. The number of likely N-dealkylation sites (N-methyl/N-ethyl adjacent to an activating group) is 1. The standard InChI is InChI=1S/C25H20ClNO4.C24H18ClNO3.C24H17NO5/c1-25(2)10-17-20(18(29)11-25)19(12-3-5-13(26)6-4-12)21-22(27-17)24(31)15-8-7-14(28)9-16(15)23(21)30;1-26-17-7-4-8-18(27)20(17)19(13-9-11-14(25)12-10-13)21-22(26)24(29)16-6-3-2-5-15(16)23(21)28;26-17-7-3-6-16-19(17)18(12-8-10-13(11-9-12)24(29)30)20-21(25-16)23(28)15-5-2-1-4-14(15)22(20)27/h3-9,19,27-28H,10-11H2,1-2H3;2-3,5-6,9-12,19H,4,7-8H2,1H3;1-2,4-5,8-11,18,25H,3,6-7H2,(H,29,30). The Hall–Kier alpha value is -9.96. The number of carbonyl (C=O) groups is 10. The molecule has 0 bridgehead atoms. The van der Waals surface area contributed by atoms with Crippen LogP contribution in [0.3, 0.4) is 0 Å². The van der Waals surface area contributed by atoms with E-state index in [1.165, 1.54) is 30.3 Å². The SMILES string of the molecule is CC1(C)CC(=O)C2=C(C1)NC1=C(C(=O)c3cc(O)ccc3C1=O)C2c1ccc(Cl)cc1.CN1C2=C(C(=O)CCC2)C(c2ccc(Cl)cc2)C2=C1C(=O)c1ccccc1C2=O.O=C1CCCC2=C1C(c1ccc(C(=O)O)cc1)C1=C(N2)C(=O)c2ccccc2C1=O. The zero-order valence-electron chi connectivity index (χ0n) is 48.8. The average Bonchev–Trinajstić information content (AvgIpc) is 0.748. The number of carbonyl (C=O) groups excluding carboxylic acids is 9. The summed E-state index contributed by atoms with van der Waals surface area (Å²) >= 11 is 12.2. The fourth-order valence-corrected chi connectivity index (χ4v) is 14.5. The normalized spacial score (nSPS) is 21.2. The summed E-state index contributed by atoms with van der Waals surface area (Å²) in [7, 11) is 1.79. The van der Waals surface area contributed by atoms with Crippen LogP contribution >= 0.6 is 23.2 Å². The predicted molar refractivity (Wildman–Crippen MR) is 333 cm³/mol. The van der Waals surface area contributed by atoms with Gasteiger partial charge in [0, 0.05) is 138 Å². The van der Waals surface area contributed by atoms with Gasteiger partial charge in [-0.1, -0.05) is 122 Å². The second-order valence-electron chi connectivity index (χ2n) is 24.4. The summed E-state index contributed by atoms with van der Waals surface area (Å²) in [4.78, 5) is 133. The number of fused-ring (bicyclic) bond motifs is 3. The first-order chi connectivity index (χ1) is 43.1. The summed E-state index contributed by atoms with van der Waals surface area (Å²) < 4.78 is 0. The topological polar surface area (TPSA) is 238 Å². The number of rotatable bonds is 4. The van der Waals surface area contributed by atoms with Gasteiger partial charge in [0.15, 0.2) is 34.7 Å². The molecule has 6 aromatic carbocycles. The highest BCUT2D eigenvalue weighted by Gasteiger charge is 2.50. The second kappa shape index (κ2) is 22.6. The Labute approximate surface area is 526 Å². The number of ketones is 9. The van der Waals surface area contributed by atoms with Crippen molar-refractivity contribution in [3.8, 4) is 5.75 Å².